The molecule has 2 aromatic heterocycles. The summed E-state index contributed by atoms with van der Waals surface area (Å²) >= 11 is 0. The summed E-state index contributed by atoms with van der Waals surface area (Å²) in [4.78, 5) is 18.9. The monoisotopic (exact) mass is 690 g/mol. The van der Waals surface area contributed by atoms with Gasteiger partial charge in [0.2, 0.25) is 0 Å². The van der Waals surface area contributed by atoms with Crippen molar-refractivity contribution in [3.8, 4) is 89.5 Å². The average molecular weight is 691 g/mol. The Balaban J connectivity index is 1.11. The van der Waals surface area contributed by atoms with Gasteiger partial charge in [-0.2, -0.15) is 0 Å². The molecule has 0 radical (unpaired) electrons. The van der Waals surface area contributed by atoms with Crippen LogP contribution in [-0.4, -0.2) is 19.9 Å². The molecule has 0 spiro atoms. The van der Waals surface area contributed by atoms with Crippen LogP contribution in [-0.2, 0) is 0 Å². The van der Waals surface area contributed by atoms with Crippen LogP contribution in [0.1, 0.15) is 0 Å². The Kier molecular flexibility index (Phi) is 8.90. The predicted octanol–water partition coefficient (Wildman–Crippen LogP) is 12.6. The fraction of sp³-hybridized carbons (Fsp3) is 0. The molecular formula is C50H34N4. The molecular weight excluding hydrogens is 657 g/mol. The van der Waals surface area contributed by atoms with E-state index < -0.39 is 0 Å². The molecule has 4 heteroatoms. The maximum atomic E-state index is 5.20. The highest BCUT2D eigenvalue weighted by Gasteiger charge is 2.14. The minimum Gasteiger partial charge on any atom is -0.244 e. The zero-order chi connectivity index (χ0) is 36.1. The third-order valence-electron chi connectivity index (χ3n) is 9.71. The van der Waals surface area contributed by atoms with Crippen molar-refractivity contribution >= 4 is 0 Å². The van der Waals surface area contributed by atoms with Crippen LogP contribution < -0.4 is 0 Å². The summed E-state index contributed by atoms with van der Waals surface area (Å²) in [7, 11) is 0. The highest BCUT2D eigenvalue weighted by Crippen LogP contribution is 2.34. The molecule has 2 heterocycles. The first-order valence-corrected chi connectivity index (χ1v) is 18.0. The Morgan fingerprint density at radius 2 is 0.574 bits per heavy atom. The van der Waals surface area contributed by atoms with E-state index in [2.05, 4.69) is 180 Å². The second-order valence-electron chi connectivity index (χ2n) is 13.2. The Labute approximate surface area is 315 Å². The van der Waals surface area contributed by atoms with Gasteiger partial charge in [0.1, 0.15) is 6.33 Å². The van der Waals surface area contributed by atoms with Gasteiger partial charge in [0.05, 0.1) is 11.4 Å². The standard InChI is InChI=1S/C50H34N4/c1-3-10-35(11-4-1)37-20-24-39(25-21-37)41-14-7-17-44(28-41)48-31-49(54-50(53-48)46-19-9-16-43(30-46)47-32-51-34-52-33-47)45-18-8-15-42(29-45)40-26-22-38(23-27-40)36-12-5-2-6-13-36/h1-34H. The number of hydrogen-bond acceptors (Lipinski definition) is 4. The third-order valence-corrected chi connectivity index (χ3v) is 9.71. The van der Waals surface area contributed by atoms with Gasteiger partial charge in [0.25, 0.3) is 0 Å². The molecule has 0 N–H and O–H groups in total. The summed E-state index contributed by atoms with van der Waals surface area (Å²) < 4.78 is 0. The minimum absolute atomic E-state index is 0.649. The molecule has 7 aromatic carbocycles. The molecule has 0 amide bonds. The van der Waals surface area contributed by atoms with Crippen molar-refractivity contribution in [3.05, 3.63) is 207 Å². The summed E-state index contributed by atoms with van der Waals surface area (Å²) in [6.45, 7) is 0. The fourth-order valence-corrected chi connectivity index (χ4v) is 6.85. The molecule has 0 atom stereocenters. The van der Waals surface area contributed by atoms with E-state index in [0.29, 0.717) is 5.82 Å². The summed E-state index contributed by atoms with van der Waals surface area (Å²) in [6.07, 6.45) is 5.19. The maximum absolute atomic E-state index is 5.20. The van der Waals surface area contributed by atoms with E-state index in [9.17, 15) is 0 Å². The summed E-state index contributed by atoms with van der Waals surface area (Å²) in [5.41, 5.74) is 15.9. The quantitative estimate of drug-likeness (QED) is 0.159. The first kappa shape index (κ1) is 32.6. The van der Waals surface area contributed by atoms with Crippen molar-refractivity contribution in [1.29, 1.82) is 0 Å². The molecule has 9 aromatic rings. The summed E-state index contributed by atoms with van der Waals surface area (Å²) in [5, 5.41) is 0. The molecule has 0 saturated carbocycles. The topological polar surface area (TPSA) is 51.6 Å². The molecule has 0 aliphatic heterocycles. The van der Waals surface area contributed by atoms with E-state index in [1.54, 1.807) is 6.33 Å². The normalized spacial score (nSPS) is 11.0. The van der Waals surface area contributed by atoms with E-state index in [1.807, 2.05) is 30.6 Å². The van der Waals surface area contributed by atoms with Crippen LogP contribution >= 0.6 is 0 Å². The van der Waals surface area contributed by atoms with E-state index in [0.717, 1.165) is 61.5 Å². The second-order valence-corrected chi connectivity index (χ2v) is 13.2. The van der Waals surface area contributed by atoms with Crippen LogP contribution in [0.5, 0.6) is 0 Å². The van der Waals surface area contributed by atoms with Crippen LogP contribution in [0.25, 0.3) is 89.5 Å². The van der Waals surface area contributed by atoms with Crippen LogP contribution in [0.15, 0.2) is 207 Å². The molecule has 0 aliphatic carbocycles. The highest BCUT2D eigenvalue weighted by molar-refractivity contribution is 5.80. The Hall–Kier alpha value is -7.30. The van der Waals surface area contributed by atoms with E-state index in [-0.39, 0.29) is 0 Å². The largest absolute Gasteiger partial charge is 0.244 e. The predicted molar refractivity (Wildman–Crippen MR) is 221 cm³/mol. The van der Waals surface area contributed by atoms with Crippen molar-refractivity contribution in [2.24, 2.45) is 0 Å². The lowest BCUT2D eigenvalue weighted by atomic mass is 9.97. The third kappa shape index (κ3) is 6.97. The first-order chi connectivity index (χ1) is 26.7. The van der Waals surface area contributed by atoms with Crippen molar-refractivity contribution in [3.63, 3.8) is 0 Å². The van der Waals surface area contributed by atoms with Gasteiger partial charge in [0.15, 0.2) is 5.82 Å². The van der Waals surface area contributed by atoms with Crippen molar-refractivity contribution in [2.75, 3.05) is 0 Å². The molecule has 0 bridgehead atoms. The number of hydrogen-bond donors (Lipinski definition) is 0. The Morgan fingerprint density at radius 1 is 0.241 bits per heavy atom. The van der Waals surface area contributed by atoms with Crippen molar-refractivity contribution < 1.29 is 0 Å². The summed E-state index contributed by atoms with van der Waals surface area (Å²) in [5.74, 6) is 0.649. The Bertz CT molecular complexity index is 2530. The van der Waals surface area contributed by atoms with Gasteiger partial charge in [0, 0.05) is 34.6 Å². The van der Waals surface area contributed by atoms with Gasteiger partial charge in [-0.1, -0.05) is 164 Å². The molecule has 254 valence electrons. The SMILES string of the molecule is c1ccc(-c2ccc(-c3cccc(-c4cc(-c5cccc(-c6ccc(-c7ccccc7)cc6)c5)nc(-c5cccc(-c6cncnc6)c5)n4)c3)cc2)cc1. The molecule has 0 saturated heterocycles. The lowest BCUT2D eigenvalue weighted by Crippen LogP contribution is -1.97. The van der Waals surface area contributed by atoms with E-state index in [4.69, 9.17) is 9.97 Å². The molecule has 54 heavy (non-hydrogen) atoms. The van der Waals surface area contributed by atoms with E-state index in [1.165, 1.54) is 22.3 Å². The Morgan fingerprint density at radius 3 is 1.04 bits per heavy atom. The van der Waals surface area contributed by atoms with Gasteiger partial charge < -0.3 is 0 Å². The zero-order valence-corrected chi connectivity index (χ0v) is 29.4. The fourth-order valence-electron chi connectivity index (χ4n) is 6.85. The van der Waals surface area contributed by atoms with Gasteiger partial charge >= 0.3 is 0 Å². The lowest BCUT2D eigenvalue weighted by molar-refractivity contribution is 1.17. The summed E-state index contributed by atoms with van der Waals surface area (Å²) in [6, 6.07) is 66.0. The lowest BCUT2D eigenvalue weighted by Gasteiger charge is -2.12. The number of rotatable bonds is 8. The minimum atomic E-state index is 0.649. The molecule has 4 nitrogen and oxygen atoms in total. The number of benzene rings is 7. The van der Waals surface area contributed by atoms with Crippen LogP contribution in [0.2, 0.25) is 0 Å². The first-order valence-electron chi connectivity index (χ1n) is 18.0. The van der Waals surface area contributed by atoms with Gasteiger partial charge in [-0.3, -0.25) is 0 Å². The maximum Gasteiger partial charge on any atom is 0.160 e. The van der Waals surface area contributed by atoms with E-state index >= 15 is 0 Å². The van der Waals surface area contributed by atoms with Crippen molar-refractivity contribution in [2.45, 2.75) is 0 Å². The van der Waals surface area contributed by atoms with Gasteiger partial charge in [-0.25, -0.2) is 19.9 Å². The van der Waals surface area contributed by atoms with Crippen LogP contribution in [0, 0.1) is 0 Å². The van der Waals surface area contributed by atoms with Crippen LogP contribution in [0.4, 0.5) is 0 Å². The number of nitrogens with zero attached hydrogens (tertiary/aromatic N) is 4. The molecule has 0 aliphatic rings. The second kappa shape index (κ2) is 14.7. The zero-order valence-electron chi connectivity index (χ0n) is 29.4. The average Bonchev–Trinajstić information content (AvgIpc) is 3.27. The van der Waals surface area contributed by atoms with Crippen molar-refractivity contribution in [1.82, 2.24) is 19.9 Å². The molecule has 9 rings (SSSR count). The van der Waals surface area contributed by atoms with Crippen LogP contribution in [0.3, 0.4) is 0 Å². The highest BCUT2D eigenvalue weighted by atomic mass is 14.9. The molecule has 0 fully saturated rings. The van der Waals surface area contributed by atoms with Gasteiger partial charge in [-0.05, 0) is 74.3 Å². The smallest absolute Gasteiger partial charge is 0.160 e. The van der Waals surface area contributed by atoms with Gasteiger partial charge in [-0.15, -0.1) is 0 Å². The molecule has 0 unspecified atom stereocenters. The number of aromatic nitrogens is 4.